The summed E-state index contributed by atoms with van der Waals surface area (Å²) >= 11 is 0. The van der Waals surface area contributed by atoms with Crippen LogP contribution >= 0.6 is 0 Å². The zero-order valence-electron chi connectivity index (χ0n) is 13.5. The van der Waals surface area contributed by atoms with E-state index in [-0.39, 0.29) is 18.3 Å². The predicted molar refractivity (Wildman–Crippen MR) is 84.5 cm³/mol. The zero-order valence-corrected chi connectivity index (χ0v) is 13.5. The minimum absolute atomic E-state index is 0.245. The summed E-state index contributed by atoms with van der Waals surface area (Å²) < 4.78 is 11.9. The Morgan fingerprint density at radius 1 is 1.16 bits per heavy atom. The molecule has 108 valence electrons. The van der Waals surface area contributed by atoms with Gasteiger partial charge in [0.15, 0.2) is 0 Å². The first-order valence-corrected chi connectivity index (χ1v) is 6.93. The van der Waals surface area contributed by atoms with Gasteiger partial charge in [0.2, 0.25) is 0 Å². The Bertz CT molecular complexity index is 330. The molecule has 1 aliphatic heterocycles. The van der Waals surface area contributed by atoms with E-state index < -0.39 is 0 Å². The molecule has 0 atom stereocenters. The molecule has 1 saturated heterocycles. The van der Waals surface area contributed by atoms with Crippen molar-refractivity contribution in [2.75, 3.05) is 0 Å². The minimum Gasteiger partial charge on any atom is -0.400 e. The van der Waals surface area contributed by atoms with Crippen LogP contribution in [0.1, 0.15) is 54.9 Å². The SMILES string of the molecule is C=N/C=C/C/C=C(\C)B1OC(C)(C)C(C)(C)O1.CC. The molecule has 0 aromatic rings. The van der Waals surface area contributed by atoms with Crippen LogP contribution in [0.25, 0.3) is 0 Å². The van der Waals surface area contributed by atoms with E-state index in [0.29, 0.717) is 0 Å². The Labute approximate surface area is 118 Å². The van der Waals surface area contributed by atoms with Gasteiger partial charge in [-0.3, -0.25) is 4.99 Å². The Balaban J connectivity index is 0.00000154. The number of allylic oxidation sites excluding steroid dienone is 3. The van der Waals surface area contributed by atoms with Gasteiger partial charge in [-0.25, -0.2) is 0 Å². The van der Waals surface area contributed by atoms with Gasteiger partial charge in [0.1, 0.15) is 0 Å². The highest BCUT2D eigenvalue weighted by Gasteiger charge is 2.51. The average Bonchev–Trinajstić information content (AvgIpc) is 2.56. The van der Waals surface area contributed by atoms with Gasteiger partial charge in [-0.15, -0.1) is 0 Å². The van der Waals surface area contributed by atoms with Gasteiger partial charge in [-0.2, -0.15) is 0 Å². The van der Waals surface area contributed by atoms with E-state index in [0.717, 1.165) is 11.9 Å². The van der Waals surface area contributed by atoms with Crippen LogP contribution in [0.3, 0.4) is 0 Å². The van der Waals surface area contributed by atoms with E-state index >= 15 is 0 Å². The van der Waals surface area contributed by atoms with Gasteiger partial charge >= 0.3 is 7.12 Å². The Kier molecular flexibility index (Phi) is 7.31. The van der Waals surface area contributed by atoms with E-state index in [1.165, 1.54) is 0 Å². The summed E-state index contributed by atoms with van der Waals surface area (Å²) in [7, 11) is -0.245. The van der Waals surface area contributed by atoms with E-state index in [9.17, 15) is 0 Å². The molecule has 0 N–H and O–H groups in total. The molecular weight excluding hydrogens is 237 g/mol. The van der Waals surface area contributed by atoms with Crippen molar-refractivity contribution in [3.8, 4) is 0 Å². The zero-order chi connectivity index (χ0) is 15.1. The van der Waals surface area contributed by atoms with Crippen LogP contribution in [0.5, 0.6) is 0 Å². The second kappa shape index (κ2) is 7.66. The van der Waals surface area contributed by atoms with Crippen molar-refractivity contribution in [3.05, 3.63) is 23.8 Å². The van der Waals surface area contributed by atoms with Crippen molar-refractivity contribution < 1.29 is 9.31 Å². The Hall–Kier alpha value is -0.865. The van der Waals surface area contributed by atoms with Crippen molar-refractivity contribution >= 4 is 13.8 Å². The lowest BCUT2D eigenvalue weighted by atomic mass is 9.79. The maximum Gasteiger partial charge on any atom is 0.489 e. The van der Waals surface area contributed by atoms with E-state index in [1.54, 1.807) is 6.20 Å². The van der Waals surface area contributed by atoms with Gasteiger partial charge in [-0.1, -0.05) is 26.0 Å². The van der Waals surface area contributed by atoms with Gasteiger partial charge in [-0.05, 0) is 53.2 Å². The molecule has 4 heteroatoms. The molecule has 0 aromatic carbocycles. The summed E-state index contributed by atoms with van der Waals surface area (Å²) in [5.41, 5.74) is 0.550. The van der Waals surface area contributed by atoms with Crippen molar-refractivity contribution in [1.82, 2.24) is 0 Å². The van der Waals surface area contributed by atoms with Gasteiger partial charge < -0.3 is 9.31 Å². The van der Waals surface area contributed by atoms with E-state index in [2.05, 4.69) is 45.5 Å². The average molecular weight is 265 g/mol. The van der Waals surface area contributed by atoms with Crippen LogP contribution in [0.4, 0.5) is 0 Å². The summed E-state index contributed by atoms with van der Waals surface area (Å²) in [6.07, 6.45) is 6.54. The molecule has 0 aliphatic carbocycles. The molecule has 1 aliphatic rings. The quantitative estimate of drug-likeness (QED) is 0.563. The van der Waals surface area contributed by atoms with Gasteiger partial charge in [0, 0.05) is 6.20 Å². The monoisotopic (exact) mass is 265 g/mol. The molecule has 1 fully saturated rings. The first kappa shape index (κ1) is 18.1. The third kappa shape index (κ3) is 4.96. The van der Waals surface area contributed by atoms with Crippen molar-refractivity contribution in [1.29, 1.82) is 0 Å². The Morgan fingerprint density at radius 3 is 2.05 bits per heavy atom. The van der Waals surface area contributed by atoms with Crippen LogP contribution in [0.15, 0.2) is 28.8 Å². The largest absolute Gasteiger partial charge is 0.489 e. The predicted octanol–water partition coefficient (Wildman–Crippen LogP) is 4.19. The summed E-state index contributed by atoms with van der Waals surface area (Å²) in [4.78, 5) is 3.65. The summed E-state index contributed by atoms with van der Waals surface area (Å²) in [6, 6.07) is 0. The molecule has 0 saturated carbocycles. The highest BCUT2D eigenvalue weighted by molar-refractivity contribution is 6.54. The highest BCUT2D eigenvalue weighted by Crippen LogP contribution is 2.38. The van der Waals surface area contributed by atoms with Crippen LogP contribution in [-0.2, 0) is 9.31 Å². The third-order valence-electron chi connectivity index (χ3n) is 3.41. The summed E-state index contributed by atoms with van der Waals surface area (Å²) in [5, 5.41) is 0. The molecule has 0 amide bonds. The van der Waals surface area contributed by atoms with Crippen LogP contribution in [0.2, 0.25) is 0 Å². The lowest BCUT2D eigenvalue weighted by Crippen LogP contribution is -2.41. The molecule has 1 rings (SSSR count). The first-order valence-electron chi connectivity index (χ1n) is 6.93. The summed E-state index contributed by atoms with van der Waals surface area (Å²) in [6.45, 7) is 17.6. The van der Waals surface area contributed by atoms with E-state index in [1.807, 2.05) is 26.8 Å². The topological polar surface area (TPSA) is 30.8 Å². The number of aliphatic imine (C=N–C) groups is 1. The molecule has 0 aromatic heterocycles. The van der Waals surface area contributed by atoms with Crippen LogP contribution in [0, 0.1) is 0 Å². The molecule has 0 unspecified atom stereocenters. The van der Waals surface area contributed by atoms with Crippen molar-refractivity contribution in [2.45, 2.75) is 66.1 Å². The fraction of sp³-hybridized carbons (Fsp3) is 0.667. The van der Waals surface area contributed by atoms with Crippen LogP contribution < -0.4 is 0 Å². The van der Waals surface area contributed by atoms with Gasteiger partial charge in [0.25, 0.3) is 0 Å². The molecule has 0 radical (unpaired) electrons. The minimum atomic E-state index is -0.273. The standard InChI is InChI=1S/C13H22BNO2.C2H6/c1-11(9-7-8-10-15-6)14-16-12(2,3)13(4,5)17-14;1-2/h8-10H,6-7H2,1-5H3;1-2H3/b10-8+,11-9+;. The number of hydrogen-bond acceptors (Lipinski definition) is 3. The molecule has 19 heavy (non-hydrogen) atoms. The second-order valence-corrected chi connectivity index (χ2v) is 5.34. The summed E-state index contributed by atoms with van der Waals surface area (Å²) in [5.74, 6) is 0. The lowest BCUT2D eigenvalue weighted by Gasteiger charge is -2.32. The molecule has 3 nitrogen and oxygen atoms in total. The molecule has 0 bridgehead atoms. The number of hydrogen-bond donors (Lipinski definition) is 0. The first-order chi connectivity index (χ1) is 8.80. The van der Waals surface area contributed by atoms with E-state index in [4.69, 9.17) is 9.31 Å². The molecule has 1 heterocycles. The highest BCUT2D eigenvalue weighted by atomic mass is 16.7. The maximum absolute atomic E-state index is 5.93. The van der Waals surface area contributed by atoms with Crippen molar-refractivity contribution in [3.63, 3.8) is 0 Å². The smallest absolute Gasteiger partial charge is 0.400 e. The number of rotatable bonds is 4. The number of nitrogens with zero attached hydrogens (tertiary/aromatic N) is 1. The van der Waals surface area contributed by atoms with Crippen LogP contribution in [-0.4, -0.2) is 25.0 Å². The van der Waals surface area contributed by atoms with Crippen molar-refractivity contribution in [2.24, 2.45) is 4.99 Å². The normalized spacial score (nSPS) is 21.2. The fourth-order valence-corrected chi connectivity index (χ4v) is 1.51. The van der Waals surface area contributed by atoms with Gasteiger partial charge in [0.05, 0.1) is 11.2 Å². The maximum atomic E-state index is 5.93. The second-order valence-electron chi connectivity index (χ2n) is 5.34. The Morgan fingerprint density at radius 2 is 1.63 bits per heavy atom. The lowest BCUT2D eigenvalue weighted by molar-refractivity contribution is 0.00578. The molecular formula is C15H28BNO2. The fourth-order valence-electron chi connectivity index (χ4n) is 1.51. The third-order valence-corrected chi connectivity index (χ3v) is 3.41. The molecule has 0 spiro atoms.